The lowest BCUT2D eigenvalue weighted by Gasteiger charge is -2.54. The second-order valence-corrected chi connectivity index (χ2v) is 18.7. The lowest BCUT2D eigenvalue weighted by Crippen LogP contribution is -2.51. The van der Waals surface area contributed by atoms with Crippen molar-refractivity contribution in [2.45, 2.75) is 94.5 Å². The first-order chi connectivity index (χ1) is 29.3. The third kappa shape index (κ3) is 8.80. The van der Waals surface area contributed by atoms with Crippen LogP contribution in [0, 0.1) is 28.4 Å². The summed E-state index contributed by atoms with van der Waals surface area (Å²) in [6.07, 6.45) is 8.89. The highest BCUT2D eigenvalue weighted by Gasteiger charge is 2.47. The van der Waals surface area contributed by atoms with E-state index < -0.39 is 40.2 Å². The Hall–Kier alpha value is -5.19. The van der Waals surface area contributed by atoms with Crippen LogP contribution in [0.5, 0.6) is 11.5 Å². The van der Waals surface area contributed by atoms with E-state index in [1.807, 2.05) is 18.2 Å². The van der Waals surface area contributed by atoms with Crippen molar-refractivity contribution in [3.8, 4) is 17.6 Å². The Morgan fingerprint density at radius 2 is 1.77 bits per heavy atom. The molecule has 2 atom stereocenters. The molecule has 4 fully saturated rings. The standard InChI is InChI=1S/C43H50F2N8O7S/c1-51(18-19-54)61(58,59)50-37-11-9-34(44)40(33(37)24-46)60-30-7-10-36-32(21-30)42(57)53(25-47-36)29-22-43(23-29)14-16-52(17-15-43)28-5-2-26(3-6-28)31-8-4-27(20-35(31)45)48-38-12-13-39(55)49-41(38)56/h4,7-11,20-21,25-26,28-29,38,41,48,50,54,56H,2-3,5-6,12-19,22-23H2,1H3,(H,49,55). The Balaban J connectivity index is 0.860. The summed E-state index contributed by atoms with van der Waals surface area (Å²) in [6.45, 7) is 1.32. The number of anilines is 2. The number of fused-ring (bicyclic) bond motifs is 1. The van der Waals surface area contributed by atoms with E-state index in [2.05, 4.69) is 25.2 Å². The zero-order valence-corrected chi connectivity index (χ0v) is 34.6. The number of carbonyl (C=O) groups excluding carboxylic acids is 1. The van der Waals surface area contributed by atoms with Crippen LogP contribution in [0.1, 0.15) is 87.3 Å². The lowest BCUT2D eigenvalue weighted by molar-refractivity contribution is -0.126. The summed E-state index contributed by atoms with van der Waals surface area (Å²) >= 11 is 0. The molecule has 2 unspecified atom stereocenters. The van der Waals surface area contributed by atoms with Gasteiger partial charge in [0.25, 0.3) is 5.56 Å². The van der Waals surface area contributed by atoms with Gasteiger partial charge in [-0.05, 0) is 130 Å². The largest absolute Gasteiger partial charge is 0.453 e. The van der Waals surface area contributed by atoms with Crippen LogP contribution >= 0.6 is 0 Å². The van der Waals surface area contributed by atoms with Gasteiger partial charge in [0.05, 0.1) is 35.6 Å². The van der Waals surface area contributed by atoms with Crippen LogP contribution in [-0.2, 0) is 15.0 Å². The third-order valence-corrected chi connectivity index (χ3v) is 14.7. The van der Waals surface area contributed by atoms with Gasteiger partial charge in [-0.3, -0.25) is 18.9 Å². The molecule has 4 aliphatic rings. The predicted octanol–water partition coefficient (Wildman–Crippen LogP) is 5.07. The second kappa shape index (κ2) is 17.3. The maximum absolute atomic E-state index is 15.4. The average molecular weight is 861 g/mol. The molecule has 3 aromatic carbocycles. The van der Waals surface area contributed by atoms with Crippen LogP contribution in [0.25, 0.3) is 10.9 Å². The van der Waals surface area contributed by atoms with Gasteiger partial charge in [-0.15, -0.1) is 0 Å². The lowest BCUT2D eigenvalue weighted by atomic mass is 9.60. The predicted molar refractivity (Wildman–Crippen MR) is 223 cm³/mol. The van der Waals surface area contributed by atoms with Crippen molar-refractivity contribution in [3.05, 3.63) is 88.0 Å². The Bertz CT molecular complexity index is 2510. The van der Waals surface area contributed by atoms with E-state index in [1.165, 1.54) is 25.2 Å². The summed E-state index contributed by atoms with van der Waals surface area (Å²) in [5.41, 5.74) is 0.990. The number of likely N-dealkylation sites (tertiary alicyclic amines) is 1. The number of likely N-dealkylation sites (N-methyl/N-ethyl adjacent to an activating group) is 1. The number of piperidine rings is 2. The second-order valence-electron chi connectivity index (χ2n) is 16.9. The molecule has 0 bridgehead atoms. The molecule has 5 N–H and O–H groups in total. The molecule has 3 heterocycles. The molecule has 324 valence electrons. The van der Waals surface area contributed by atoms with Crippen molar-refractivity contribution in [2.24, 2.45) is 5.41 Å². The highest BCUT2D eigenvalue weighted by Crippen LogP contribution is 2.55. The Morgan fingerprint density at radius 1 is 1.02 bits per heavy atom. The van der Waals surface area contributed by atoms with Crippen molar-refractivity contribution >= 4 is 38.4 Å². The van der Waals surface area contributed by atoms with Gasteiger partial charge < -0.3 is 30.5 Å². The zero-order chi connectivity index (χ0) is 43.1. The van der Waals surface area contributed by atoms with Crippen molar-refractivity contribution in [1.29, 1.82) is 5.26 Å². The number of amides is 1. The number of benzene rings is 3. The fourth-order valence-corrected chi connectivity index (χ4v) is 10.6. The number of hydrogen-bond acceptors (Lipinski definition) is 11. The van der Waals surface area contributed by atoms with Gasteiger partial charge in [0, 0.05) is 37.8 Å². The molecule has 1 amide bonds. The Morgan fingerprint density at radius 3 is 2.46 bits per heavy atom. The van der Waals surface area contributed by atoms with Crippen molar-refractivity contribution < 1.29 is 36.9 Å². The van der Waals surface area contributed by atoms with Crippen LogP contribution in [0.4, 0.5) is 20.2 Å². The minimum Gasteiger partial charge on any atom is -0.453 e. The number of halogens is 2. The molecule has 18 heteroatoms. The fourth-order valence-electron chi connectivity index (χ4n) is 9.64. The molecule has 2 saturated carbocycles. The summed E-state index contributed by atoms with van der Waals surface area (Å²) in [5.74, 6) is -1.66. The molecule has 1 spiro atoms. The summed E-state index contributed by atoms with van der Waals surface area (Å²) in [5, 5.41) is 35.2. The number of nitrogens with zero attached hydrogens (tertiary/aromatic N) is 5. The average Bonchev–Trinajstić information content (AvgIpc) is 3.23. The van der Waals surface area contributed by atoms with Crippen molar-refractivity contribution in [1.82, 2.24) is 24.1 Å². The minimum atomic E-state index is -4.18. The number of aliphatic hydroxyl groups is 2. The van der Waals surface area contributed by atoms with Crippen LogP contribution < -0.4 is 25.7 Å². The number of aliphatic hydroxyl groups excluding tert-OH is 2. The molecule has 61 heavy (non-hydrogen) atoms. The minimum absolute atomic E-state index is 0.0302. The van der Waals surface area contributed by atoms with Crippen LogP contribution in [0.15, 0.2) is 59.7 Å². The van der Waals surface area contributed by atoms with Crippen LogP contribution in [0.3, 0.4) is 0 Å². The van der Waals surface area contributed by atoms with E-state index in [1.54, 1.807) is 17.0 Å². The van der Waals surface area contributed by atoms with Crippen molar-refractivity contribution in [2.75, 3.05) is 43.3 Å². The molecule has 2 aliphatic heterocycles. The van der Waals surface area contributed by atoms with Crippen LogP contribution in [-0.4, -0.2) is 94.9 Å². The molecule has 15 nitrogen and oxygen atoms in total. The van der Waals surface area contributed by atoms with Crippen molar-refractivity contribution in [3.63, 3.8) is 0 Å². The quantitative estimate of drug-likeness (QED) is 0.127. The third-order valence-electron chi connectivity index (χ3n) is 13.2. The monoisotopic (exact) mass is 860 g/mol. The van der Waals surface area contributed by atoms with Gasteiger partial charge in [-0.1, -0.05) is 6.07 Å². The van der Waals surface area contributed by atoms with Gasteiger partial charge in [0.1, 0.15) is 29.4 Å². The van der Waals surface area contributed by atoms with E-state index in [4.69, 9.17) is 9.84 Å². The highest BCUT2D eigenvalue weighted by molar-refractivity contribution is 7.90. The summed E-state index contributed by atoms with van der Waals surface area (Å²) in [4.78, 5) is 32.5. The Labute approximate surface area is 352 Å². The smallest absolute Gasteiger partial charge is 0.301 e. The van der Waals surface area contributed by atoms with E-state index in [-0.39, 0.29) is 64.1 Å². The van der Waals surface area contributed by atoms with Gasteiger partial charge in [-0.2, -0.15) is 18.0 Å². The molecular formula is C43H50F2N8O7S. The van der Waals surface area contributed by atoms with E-state index in [0.717, 1.165) is 86.5 Å². The molecule has 2 saturated heterocycles. The van der Waals surface area contributed by atoms with E-state index in [9.17, 15) is 28.4 Å². The maximum atomic E-state index is 15.4. The summed E-state index contributed by atoms with van der Waals surface area (Å²) < 4.78 is 66.4. The zero-order valence-electron chi connectivity index (χ0n) is 33.8. The number of nitrogens with one attached hydrogen (secondary N) is 3. The first-order valence-corrected chi connectivity index (χ1v) is 22.2. The molecule has 0 radical (unpaired) electrons. The molecule has 2 aliphatic carbocycles. The first kappa shape index (κ1) is 42.5. The maximum Gasteiger partial charge on any atom is 0.301 e. The van der Waals surface area contributed by atoms with Crippen LogP contribution in [0.2, 0.25) is 0 Å². The number of carbonyl (C=O) groups is 1. The number of hydrogen-bond donors (Lipinski definition) is 5. The fraction of sp³-hybridized carbons (Fsp3) is 0.488. The summed E-state index contributed by atoms with van der Waals surface area (Å²) in [7, 11) is -2.93. The highest BCUT2D eigenvalue weighted by atomic mass is 32.2. The van der Waals surface area contributed by atoms with Gasteiger partial charge in [0.15, 0.2) is 11.6 Å². The van der Waals surface area contributed by atoms with Gasteiger partial charge >= 0.3 is 10.2 Å². The molecule has 1 aromatic heterocycles. The van der Waals surface area contributed by atoms with Gasteiger partial charge in [0.2, 0.25) is 5.91 Å². The number of ether oxygens (including phenoxy) is 1. The normalized spacial score (nSPS) is 23.3. The van der Waals surface area contributed by atoms with E-state index >= 15 is 8.78 Å². The SMILES string of the molecule is CN(CCO)S(=O)(=O)Nc1ccc(F)c(Oc2ccc3ncn(C4CC5(CCN(C6CCC(c7ccc(NC8CCC(=O)NC8O)cc7F)CC6)CC5)C4)c(=O)c3c2)c1C#N. The summed E-state index contributed by atoms with van der Waals surface area (Å²) in [6, 6.07) is 13.6. The van der Waals surface area contributed by atoms with Gasteiger partial charge in [-0.25, -0.2) is 13.8 Å². The Kier molecular flexibility index (Phi) is 12.0. The number of aromatic nitrogens is 2. The molecule has 8 rings (SSSR count). The van der Waals surface area contributed by atoms with E-state index in [0.29, 0.717) is 30.1 Å². The topological polar surface area (TPSA) is 202 Å². The number of rotatable bonds is 12. The molecule has 4 aromatic rings. The first-order valence-electron chi connectivity index (χ1n) is 20.8. The molecular weight excluding hydrogens is 811 g/mol. The number of nitriles is 1.